The fourth-order valence-corrected chi connectivity index (χ4v) is 2.67. The van der Waals surface area contributed by atoms with Gasteiger partial charge in [0.15, 0.2) is 0 Å². The second kappa shape index (κ2) is 4.35. The molecule has 2 nitrogen and oxygen atoms in total. The van der Waals surface area contributed by atoms with Crippen molar-refractivity contribution in [1.29, 1.82) is 0 Å². The van der Waals surface area contributed by atoms with E-state index >= 15 is 0 Å². The van der Waals surface area contributed by atoms with Gasteiger partial charge in [0.05, 0.1) is 10.4 Å². The van der Waals surface area contributed by atoms with Crippen LogP contribution >= 0.6 is 11.3 Å². The maximum atomic E-state index is 12.3. The lowest BCUT2D eigenvalue weighted by Gasteiger charge is -2.04. The molecule has 0 bridgehead atoms. The monoisotopic (exact) mass is 253 g/mol. The average Bonchev–Trinajstić information content (AvgIpc) is 2.91. The highest BCUT2D eigenvalue weighted by molar-refractivity contribution is 7.12. The Morgan fingerprint density at radius 2 is 2.00 bits per heavy atom. The molecule has 0 fully saturated rings. The smallest absolute Gasteiger partial charge is 0.221 e. The molecular weight excluding hydrogens is 242 g/mol. The zero-order valence-corrected chi connectivity index (χ0v) is 10.7. The molecule has 88 valence electrons. The Morgan fingerprint density at radius 1 is 1.17 bits per heavy atom. The highest BCUT2D eigenvalue weighted by atomic mass is 32.1. The summed E-state index contributed by atoms with van der Waals surface area (Å²) < 4.78 is 0. The number of carbonyl (C=O) groups excluding carboxylic acids is 1. The first-order chi connectivity index (χ1) is 8.75. The standard InChI is InChI=1S/C15H11NOS/c1-10-9-13(15(17)14-7-4-8-18-14)16-12-6-3-2-5-11(10)12/h2-9H,1H3. The van der Waals surface area contributed by atoms with Crippen LogP contribution in [0.1, 0.15) is 20.9 Å². The number of hydrogen-bond donors (Lipinski definition) is 0. The molecule has 0 saturated carbocycles. The van der Waals surface area contributed by atoms with E-state index in [0.717, 1.165) is 21.3 Å². The van der Waals surface area contributed by atoms with Crippen molar-refractivity contribution < 1.29 is 4.79 Å². The van der Waals surface area contributed by atoms with Gasteiger partial charge in [-0.05, 0) is 36.1 Å². The van der Waals surface area contributed by atoms with Crippen molar-refractivity contribution in [2.45, 2.75) is 6.92 Å². The summed E-state index contributed by atoms with van der Waals surface area (Å²) in [4.78, 5) is 17.4. The van der Waals surface area contributed by atoms with Crippen LogP contribution in [0.25, 0.3) is 10.9 Å². The molecule has 2 heterocycles. The van der Waals surface area contributed by atoms with E-state index in [4.69, 9.17) is 0 Å². The number of carbonyl (C=O) groups is 1. The summed E-state index contributed by atoms with van der Waals surface area (Å²) in [7, 11) is 0. The molecule has 0 saturated heterocycles. The largest absolute Gasteiger partial charge is 0.286 e. The van der Waals surface area contributed by atoms with Crippen molar-refractivity contribution in [3.63, 3.8) is 0 Å². The average molecular weight is 253 g/mol. The highest BCUT2D eigenvalue weighted by Gasteiger charge is 2.13. The number of ketones is 1. The summed E-state index contributed by atoms with van der Waals surface area (Å²) in [6.45, 7) is 2.01. The molecule has 0 amide bonds. The molecular formula is C15H11NOS. The summed E-state index contributed by atoms with van der Waals surface area (Å²) in [5.74, 6) is -0.00106. The maximum absolute atomic E-state index is 12.3. The third-order valence-electron chi connectivity index (χ3n) is 2.90. The Bertz CT molecular complexity index is 716. The van der Waals surface area contributed by atoms with Crippen LogP contribution in [0.2, 0.25) is 0 Å². The Kier molecular flexibility index (Phi) is 2.68. The molecule has 0 aliphatic rings. The third kappa shape index (κ3) is 1.83. The first-order valence-electron chi connectivity index (χ1n) is 5.70. The van der Waals surface area contributed by atoms with E-state index in [2.05, 4.69) is 4.98 Å². The van der Waals surface area contributed by atoms with Gasteiger partial charge in [-0.15, -0.1) is 11.3 Å². The number of pyridine rings is 1. The predicted octanol–water partition coefficient (Wildman–Crippen LogP) is 3.84. The summed E-state index contributed by atoms with van der Waals surface area (Å²) in [5, 5.41) is 3.00. The molecule has 0 aliphatic heterocycles. The molecule has 0 spiro atoms. The molecule has 0 unspecified atom stereocenters. The van der Waals surface area contributed by atoms with E-state index in [9.17, 15) is 4.79 Å². The lowest BCUT2D eigenvalue weighted by atomic mass is 10.1. The highest BCUT2D eigenvalue weighted by Crippen LogP contribution is 2.20. The van der Waals surface area contributed by atoms with Crippen LogP contribution < -0.4 is 0 Å². The van der Waals surface area contributed by atoms with Gasteiger partial charge >= 0.3 is 0 Å². The third-order valence-corrected chi connectivity index (χ3v) is 3.77. The number of nitrogens with zero attached hydrogens (tertiary/aromatic N) is 1. The number of rotatable bonds is 2. The van der Waals surface area contributed by atoms with Gasteiger partial charge in [-0.3, -0.25) is 4.79 Å². The maximum Gasteiger partial charge on any atom is 0.221 e. The first kappa shape index (κ1) is 11.1. The Hall–Kier alpha value is -2.00. The van der Waals surface area contributed by atoms with Crippen molar-refractivity contribution in [3.05, 3.63) is 64.0 Å². The fourth-order valence-electron chi connectivity index (χ4n) is 2.00. The quantitative estimate of drug-likeness (QED) is 0.649. The van der Waals surface area contributed by atoms with Crippen LogP contribution in [0.3, 0.4) is 0 Å². The number of fused-ring (bicyclic) bond motifs is 1. The molecule has 0 aliphatic carbocycles. The van der Waals surface area contributed by atoms with Gasteiger partial charge in [-0.2, -0.15) is 0 Å². The normalized spacial score (nSPS) is 10.7. The molecule has 3 heteroatoms. The van der Waals surface area contributed by atoms with Gasteiger partial charge in [0.1, 0.15) is 5.69 Å². The summed E-state index contributed by atoms with van der Waals surface area (Å²) in [5.41, 5.74) is 2.48. The van der Waals surface area contributed by atoms with Crippen molar-refractivity contribution in [1.82, 2.24) is 4.98 Å². The predicted molar refractivity (Wildman–Crippen MR) is 74.2 cm³/mol. The van der Waals surface area contributed by atoms with Crippen LogP contribution in [0.5, 0.6) is 0 Å². The van der Waals surface area contributed by atoms with E-state index < -0.39 is 0 Å². The van der Waals surface area contributed by atoms with Gasteiger partial charge in [0.2, 0.25) is 5.78 Å². The zero-order chi connectivity index (χ0) is 12.5. The van der Waals surface area contributed by atoms with Gasteiger partial charge in [-0.25, -0.2) is 4.98 Å². The number of para-hydroxylation sites is 1. The van der Waals surface area contributed by atoms with Crippen molar-refractivity contribution in [2.75, 3.05) is 0 Å². The lowest BCUT2D eigenvalue weighted by molar-refractivity contribution is 0.103. The number of benzene rings is 1. The minimum atomic E-state index is -0.00106. The van der Waals surface area contributed by atoms with Gasteiger partial charge in [-0.1, -0.05) is 24.3 Å². The van der Waals surface area contributed by atoms with Crippen molar-refractivity contribution >= 4 is 28.0 Å². The molecule has 1 aromatic carbocycles. The van der Waals surface area contributed by atoms with Crippen LogP contribution in [0.4, 0.5) is 0 Å². The van der Waals surface area contributed by atoms with Crippen LogP contribution in [0, 0.1) is 6.92 Å². The molecule has 2 aromatic heterocycles. The number of aryl methyl sites for hydroxylation is 1. The molecule has 3 aromatic rings. The Morgan fingerprint density at radius 3 is 2.78 bits per heavy atom. The fraction of sp³-hybridized carbons (Fsp3) is 0.0667. The van der Waals surface area contributed by atoms with E-state index in [1.807, 2.05) is 54.8 Å². The summed E-state index contributed by atoms with van der Waals surface area (Å²) in [6.07, 6.45) is 0. The Balaban J connectivity index is 2.16. The van der Waals surface area contributed by atoms with E-state index in [1.54, 1.807) is 0 Å². The van der Waals surface area contributed by atoms with Gasteiger partial charge < -0.3 is 0 Å². The molecule has 3 rings (SSSR count). The zero-order valence-electron chi connectivity index (χ0n) is 9.88. The molecule has 0 N–H and O–H groups in total. The van der Waals surface area contributed by atoms with E-state index in [-0.39, 0.29) is 5.78 Å². The van der Waals surface area contributed by atoms with Gasteiger partial charge in [0.25, 0.3) is 0 Å². The minimum absolute atomic E-state index is 0.00106. The Labute approximate surface area is 109 Å². The summed E-state index contributed by atoms with van der Waals surface area (Å²) >= 11 is 1.45. The molecule has 0 radical (unpaired) electrons. The summed E-state index contributed by atoms with van der Waals surface area (Å²) in [6, 6.07) is 13.5. The second-order valence-electron chi connectivity index (χ2n) is 4.15. The number of aromatic nitrogens is 1. The second-order valence-corrected chi connectivity index (χ2v) is 5.10. The number of hydrogen-bond acceptors (Lipinski definition) is 3. The van der Waals surface area contributed by atoms with Crippen LogP contribution in [-0.2, 0) is 0 Å². The molecule has 0 atom stereocenters. The lowest BCUT2D eigenvalue weighted by Crippen LogP contribution is -2.03. The van der Waals surface area contributed by atoms with Crippen LogP contribution in [-0.4, -0.2) is 10.8 Å². The first-order valence-corrected chi connectivity index (χ1v) is 6.58. The SMILES string of the molecule is Cc1cc(C(=O)c2cccs2)nc2ccccc12. The minimum Gasteiger partial charge on any atom is -0.286 e. The van der Waals surface area contributed by atoms with E-state index in [1.165, 1.54) is 11.3 Å². The molecule has 18 heavy (non-hydrogen) atoms. The van der Waals surface area contributed by atoms with Crippen LogP contribution in [0.15, 0.2) is 47.8 Å². The van der Waals surface area contributed by atoms with E-state index in [0.29, 0.717) is 5.69 Å². The number of thiophene rings is 1. The topological polar surface area (TPSA) is 30.0 Å². The van der Waals surface area contributed by atoms with Crippen molar-refractivity contribution in [2.24, 2.45) is 0 Å². The van der Waals surface area contributed by atoms with Crippen molar-refractivity contribution in [3.8, 4) is 0 Å². The van der Waals surface area contributed by atoms with Gasteiger partial charge in [0, 0.05) is 5.39 Å².